The van der Waals surface area contributed by atoms with Crippen LogP contribution in [0.5, 0.6) is 0 Å². The van der Waals surface area contributed by atoms with E-state index in [0.29, 0.717) is 12.8 Å². The van der Waals surface area contributed by atoms with E-state index in [0.717, 1.165) is 5.06 Å². The van der Waals surface area contributed by atoms with E-state index in [2.05, 4.69) is 4.84 Å². The predicted octanol–water partition coefficient (Wildman–Crippen LogP) is 0.185. The molecule has 0 aromatic heterocycles. The Labute approximate surface area is 76.2 Å². The Morgan fingerprint density at radius 1 is 1.77 bits per heavy atom. The molecule has 1 aliphatic heterocycles. The molecule has 1 N–H and O–H groups in total. The van der Waals surface area contributed by atoms with Crippen molar-refractivity contribution in [3.8, 4) is 0 Å². The van der Waals surface area contributed by atoms with Crippen LogP contribution in [-0.2, 0) is 14.4 Å². The maximum Gasteiger partial charge on any atom is 0.332 e. The quantitative estimate of drug-likeness (QED) is 0.684. The number of hydrogen-bond donors (Lipinski definition) is 1. The van der Waals surface area contributed by atoms with E-state index in [-0.39, 0.29) is 18.7 Å². The van der Waals surface area contributed by atoms with Gasteiger partial charge in [0.1, 0.15) is 0 Å². The fourth-order valence-corrected chi connectivity index (χ4v) is 1.12. The number of hydrogen-bond acceptors (Lipinski definition) is 4. The van der Waals surface area contributed by atoms with E-state index in [1.165, 1.54) is 0 Å². The highest BCUT2D eigenvalue weighted by atomic mass is 16.7. The lowest BCUT2D eigenvalue weighted by atomic mass is 10.3. The molecule has 1 fully saturated rings. The first-order valence-corrected chi connectivity index (χ1v) is 4.36. The highest BCUT2D eigenvalue weighted by Crippen LogP contribution is 2.16. The maximum atomic E-state index is 11.0. The molecule has 0 saturated carbocycles. The lowest BCUT2D eigenvalue weighted by Crippen LogP contribution is -2.35. The molecule has 1 aliphatic rings. The Morgan fingerprint density at radius 2 is 2.46 bits per heavy atom. The molecule has 0 bridgehead atoms. The van der Waals surface area contributed by atoms with Crippen LogP contribution in [0.1, 0.15) is 32.6 Å². The van der Waals surface area contributed by atoms with Gasteiger partial charge in [0.2, 0.25) is 0 Å². The van der Waals surface area contributed by atoms with Crippen molar-refractivity contribution in [2.45, 2.75) is 38.8 Å². The molecule has 1 saturated heterocycles. The van der Waals surface area contributed by atoms with Crippen molar-refractivity contribution in [1.29, 1.82) is 0 Å². The summed E-state index contributed by atoms with van der Waals surface area (Å²) >= 11 is 0. The highest BCUT2D eigenvalue weighted by molar-refractivity contribution is 5.79. The third-order valence-electron chi connectivity index (χ3n) is 1.79. The zero-order valence-corrected chi connectivity index (χ0v) is 7.52. The zero-order valence-electron chi connectivity index (χ0n) is 7.52. The van der Waals surface area contributed by atoms with Crippen LogP contribution in [0.3, 0.4) is 0 Å². The molecular weight excluding hydrogens is 174 g/mol. The van der Waals surface area contributed by atoms with Crippen molar-refractivity contribution in [2.24, 2.45) is 0 Å². The van der Waals surface area contributed by atoms with E-state index in [9.17, 15) is 14.7 Å². The van der Waals surface area contributed by atoms with Crippen LogP contribution in [0.15, 0.2) is 0 Å². The molecule has 5 nitrogen and oxygen atoms in total. The van der Waals surface area contributed by atoms with E-state index >= 15 is 0 Å². The second-order valence-corrected chi connectivity index (χ2v) is 2.95. The molecular formula is C8H13NO4. The predicted molar refractivity (Wildman–Crippen MR) is 43.1 cm³/mol. The minimum atomic E-state index is -0.965. The molecule has 0 radical (unpaired) electrons. The van der Waals surface area contributed by atoms with Crippen LogP contribution in [-0.4, -0.2) is 28.3 Å². The number of amides is 1. The van der Waals surface area contributed by atoms with Crippen molar-refractivity contribution in [3.05, 3.63) is 0 Å². The first-order chi connectivity index (χ1) is 6.15. The van der Waals surface area contributed by atoms with Gasteiger partial charge in [0.05, 0.1) is 0 Å². The second-order valence-electron chi connectivity index (χ2n) is 2.95. The molecule has 1 atom stereocenters. The van der Waals surface area contributed by atoms with E-state index in [4.69, 9.17) is 0 Å². The van der Waals surface area contributed by atoms with Crippen molar-refractivity contribution in [3.63, 3.8) is 0 Å². The minimum Gasteiger partial charge on any atom is -0.370 e. The summed E-state index contributed by atoms with van der Waals surface area (Å²) in [6.07, 6.45) is 0.528. The molecule has 13 heavy (non-hydrogen) atoms. The summed E-state index contributed by atoms with van der Waals surface area (Å²) in [6, 6.07) is 0. The average molecular weight is 187 g/mol. The number of carbonyl (C=O) groups excluding carboxylic acids is 2. The van der Waals surface area contributed by atoms with E-state index in [1.807, 2.05) is 6.92 Å². The smallest absolute Gasteiger partial charge is 0.332 e. The summed E-state index contributed by atoms with van der Waals surface area (Å²) in [4.78, 5) is 26.6. The molecule has 74 valence electrons. The van der Waals surface area contributed by atoms with Gasteiger partial charge in [-0.15, -0.1) is 5.06 Å². The van der Waals surface area contributed by atoms with Gasteiger partial charge in [-0.1, -0.05) is 6.92 Å². The van der Waals surface area contributed by atoms with Gasteiger partial charge in [-0.25, -0.2) is 4.79 Å². The van der Waals surface area contributed by atoms with Gasteiger partial charge in [-0.2, -0.15) is 0 Å². The number of rotatable bonds is 3. The van der Waals surface area contributed by atoms with Gasteiger partial charge in [-0.3, -0.25) is 4.79 Å². The first-order valence-electron chi connectivity index (χ1n) is 4.36. The van der Waals surface area contributed by atoms with Crippen LogP contribution in [0.4, 0.5) is 0 Å². The third-order valence-corrected chi connectivity index (χ3v) is 1.79. The molecule has 1 rings (SSSR count). The van der Waals surface area contributed by atoms with Crippen molar-refractivity contribution in [2.75, 3.05) is 0 Å². The van der Waals surface area contributed by atoms with Gasteiger partial charge in [0.25, 0.3) is 5.91 Å². The number of aliphatic hydroxyl groups excluding tert-OH is 1. The number of aliphatic hydroxyl groups is 1. The van der Waals surface area contributed by atoms with Crippen LogP contribution >= 0.6 is 0 Å². The number of carbonyl (C=O) groups is 2. The fourth-order valence-electron chi connectivity index (χ4n) is 1.12. The first kappa shape index (κ1) is 9.98. The summed E-state index contributed by atoms with van der Waals surface area (Å²) in [5, 5.41) is 9.97. The van der Waals surface area contributed by atoms with Crippen LogP contribution in [0.2, 0.25) is 0 Å². The lowest BCUT2D eigenvalue weighted by Gasteiger charge is -2.18. The van der Waals surface area contributed by atoms with Crippen LogP contribution in [0.25, 0.3) is 0 Å². The van der Waals surface area contributed by atoms with Crippen molar-refractivity contribution < 1.29 is 19.5 Å². The van der Waals surface area contributed by atoms with Gasteiger partial charge in [0, 0.05) is 19.3 Å². The Bertz CT molecular complexity index is 216. The SMILES string of the molecule is CCCC(=O)ON1C(=O)CCC1O. The summed E-state index contributed by atoms with van der Waals surface area (Å²) in [5.41, 5.74) is 0. The third kappa shape index (κ3) is 2.42. The highest BCUT2D eigenvalue weighted by Gasteiger charge is 2.32. The summed E-state index contributed by atoms with van der Waals surface area (Å²) < 4.78 is 0. The van der Waals surface area contributed by atoms with Crippen molar-refractivity contribution >= 4 is 11.9 Å². The fraction of sp³-hybridized carbons (Fsp3) is 0.750. The number of hydroxylamine groups is 2. The van der Waals surface area contributed by atoms with Gasteiger partial charge in [0.15, 0.2) is 6.23 Å². The topological polar surface area (TPSA) is 66.8 Å². The van der Waals surface area contributed by atoms with Crippen molar-refractivity contribution in [1.82, 2.24) is 5.06 Å². The molecule has 1 unspecified atom stereocenters. The van der Waals surface area contributed by atoms with Gasteiger partial charge < -0.3 is 9.94 Å². The molecule has 0 spiro atoms. The lowest BCUT2D eigenvalue weighted by molar-refractivity contribution is -0.220. The Kier molecular flexibility index (Phi) is 3.25. The minimum absolute atomic E-state index is 0.237. The van der Waals surface area contributed by atoms with E-state index in [1.54, 1.807) is 0 Å². The largest absolute Gasteiger partial charge is 0.370 e. The summed E-state index contributed by atoms with van der Waals surface area (Å²) in [7, 11) is 0. The Morgan fingerprint density at radius 3 is 2.92 bits per heavy atom. The monoisotopic (exact) mass is 187 g/mol. The molecule has 0 aromatic rings. The normalized spacial score (nSPS) is 22.2. The van der Waals surface area contributed by atoms with Gasteiger partial charge >= 0.3 is 5.97 Å². The summed E-state index contributed by atoms with van der Waals surface area (Å²) in [5.74, 6) is -0.811. The van der Waals surface area contributed by atoms with Crippen LogP contribution < -0.4 is 0 Å². The average Bonchev–Trinajstić information content (AvgIpc) is 2.36. The molecule has 0 aliphatic carbocycles. The molecule has 5 heteroatoms. The number of nitrogens with zero attached hydrogens (tertiary/aromatic N) is 1. The molecule has 0 aromatic carbocycles. The Balaban J connectivity index is 2.43. The standard InChI is InChI=1S/C8H13NO4/c1-2-3-8(12)13-9-6(10)4-5-7(9)11/h6,10H,2-5H2,1H3. The van der Waals surface area contributed by atoms with Gasteiger partial charge in [-0.05, 0) is 6.42 Å². The summed E-state index contributed by atoms with van der Waals surface area (Å²) in [6.45, 7) is 1.84. The molecule has 1 amide bonds. The second kappa shape index (κ2) is 4.23. The molecule has 1 heterocycles. The maximum absolute atomic E-state index is 11.0. The van der Waals surface area contributed by atoms with E-state index < -0.39 is 12.2 Å². The van der Waals surface area contributed by atoms with Crippen LogP contribution in [0, 0.1) is 0 Å². The Hall–Kier alpha value is -1.10. The zero-order chi connectivity index (χ0) is 9.84.